The molecule has 0 saturated carbocycles. The predicted molar refractivity (Wildman–Crippen MR) is 108 cm³/mol. The Kier molecular flexibility index (Phi) is 3.84. The van der Waals surface area contributed by atoms with E-state index in [2.05, 4.69) is 10.3 Å². The van der Waals surface area contributed by atoms with Gasteiger partial charge in [0.2, 0.25) is 6.17 Å². The molecule has 6 nitrogen and oxygen atoms in total. The summed E-state index contributed by atoms with van der Waals surface area (Å²) in [4.78, 5) is 44.5. The van der Waals surface area contributed by atoms with Gasteiger partial charge < -0.3 is 5.32 Å². The van der Waals surface area contributed by atoms with Crippen LogP contribution in [0, 0.1) is 0 Å². The minimum Gasteiger partial charge on any atom is -0.322 e. The summed E-state index contributed by atoms with van der Waals surface area (Å²) in [6, 6.07) is 23.2. The van der Waals surface area contributed by atoms with Gasteiger partial charge in [-0.2, -0.15) is 0 Å². The highest BCUT2D eigenvalue weighted by atomic mass is 16.2. The molecule has 6 heteroatoms. The molecule has 3 amide bonds. The number of imide groups is 1. The summed E-state index contributed by atoms with van der Waals surface area (Å²) in [5.74, 6) is -1.57. The zero-order chi connectivity index (χ0) is 20.0. The predicted octanol–water partition coefficient (Wildman–Crippen LogP) is 3.10. The molecule has 29 heavy (non-hydrogen) atoms. The maximum atomic E-state index is 13.0. The maximum Gasteiger partial charge on any atom is 0.270 e. The number of benzodiazepines with no additional fused rings is 1. The highest BCUT2D eigenvalue weighted by molar-refractivity contribution is 6.25. The molecule has 0 radical (unpaired) electrons. The number of para-hydroxylation sites is 1. The molecule has 2 heterocycles. The largest absolute Gasteiger partial charge is 0.322 e. The molecule has 140 valence electrons. The lowest BCUT2D eigenvalue weighted by atomic mass is 10.0. The van der Waals surface area contributed by atoms with Crippen LogP contribution in [-0.2, 0) is 4.79 Å². The van der Waals surface area contributed by atoms with E-state index < -0.39 is 23.9 Å². The van der Waals surface area contributed by atoms with Crippen LogP contribution in [0.1, 0.15) is 31.8 Å². The number of carbonyl (C=O) groups excluding carboxylic acids is 3. The Morgan fingerprint density at radius 3 is 1.90 bits per heavy atom. The van der Waals surface area contributed by atoms with Gasteiger partial charge in [-0.05, 0) is 18.2 Å². The van der Waals surface area contributed by atoms with E-state index in [0.717, 1.165) is 16.0 Å². The Morgan fingerprint density at radius 1 is 0.690 bits per heavy atom. The zero-order valence-electron chi connectivity index (χ0n) is 15.2. The average molecular weight is 381 g/mol. The van der Waals surface area contributed by atoms with Crippen molar-refractivity contribution >= 4 is 29.1 Å². The molecule has 1 atom stereocenters. The number of aliphatic imine (C=N–C) groups is 1. The third-order valence-corrected chi connectivity index (χ3v) is 5.04. The lowest BCUT2D eigenvalue weighted by Gasteiger charge is -2.21. The van der Waals surface area contributed by atoms with E-state index in [1.54, 1.807) is 30.3 Å². The normalized spacial score (nSPS) is 17.9. The first-order valence-corrected chi connectivity index (χ1v) is 9.15. The quantitative estimate of drug-likeness (QED) is 0.693. The van der Waals surface area contributed by atoms with Crippen LogP contribution >= 0.6 is 0 Å². The van der Waals surface area contributed by atoms with Gasteiger partial charge >= 0.3 is 0 Å². The Bertz CT molecular complexity index is 1170. The number of nitrogens with one attached hydrogen (secondary N) is 1. The van der Waals surface area contributed by atoms with E-state index >= 15 is 0 Å². The summed E-state index contributed by atoms with van der Waals surface area (Å²) in [7, 11) is 0. The van der Waals surface area contributed by atoms with Crippen LogP contribution in [0.5, 0.6) is 0 Å². The minimum absolute atomic E-state index is 0.281. The molecular formula is C23H15N3O3. The molecule has 0 spiro atoms. The zero-order valence-corrected chi connectivity index (χ0v) is 15.2. The second-order valence-electron chi connectivity index (χ2n) is 6.78. The van der Waals surface area contributed by atoms with E-state index in [0.29, 0.717) is 11.4 Å². The van der Waals surface area contributed by atoms with Gasteiger partial charge in [0, 0.05) is 11.1 Å². The van der Waals surface area contributed by atoms with Crippen molar-refractivity contribution in [3.05, 3.63) is 101 Å². The lowest BCUT2D eigenvalue weighted by molar-refractivity contribution is -0.119. The SMILES string of the molecule is O=C1Nc2ccccc2C(c2ccccc2)=NC1N1C(=O)c2ccccc2C1=O. The van der Waals surface area contributed by atoms with Crippen LogP contribution in [0.2, 0.25) is 0 Å². The number of carbonyl (C=O) groups is 3. The highest BCUT2D eigenvalue weighted by Gasteiger charge is 2.44. The molecule has 0 aliphatic carbocycles. The van der Waals surface area contributed by atoms with Gasteiger partial charge in [0.05, 0.1) is 22.5 Å². The molecule has 0 aromatic heterocycles. The summed E-state index contributed by atoms with van der Waals surface area (Å²) in [6.45, 7) is 0. The first kappa shape index (κ1) is 17.1. The van der Waals surface area contributed by atoms with Gasteiger partial charge in [0.25, 0.3) is 17.7 Å². The molecule has 0 fully saturated rings. The van der Waals surface area contributed by atoms with Crippen LogP contribution in [0.4, 0.5) is 5.69 Å². The molecule has 1 unspecified atom stereocenters. The molecule has 2 aliphatic heterocycles. The molecule has 5 rings (SSSR count). The van der Waals surface area contributed by atoms with Crippen molar-refractivity contribution in [1.82, 2.24) is 4.90 Å². The van der Waals surface area contributed by atoms with Gasteiger partial charge in [-0.3, -0.25) is 14.4 Å². The molecule has 3 aromatic rings. The Balaban J connectivity index is 1.68. The van der Waals surface area contributed by atoms with Gasteiger partial charge in [0.1, 0.15) is 0 Å². The van der Waals surface area contributed by atoms with Crippen molar-refractivity contribution < 1.29 is 14.4 Å². The monoisotopic (exact) mass is 381 g/mol. The number of rotatable bonds is 2. The summed E-state index contributed by atoms with van der Waals surface area (Å²) in [5, 5.41) is 2.82. The van der Waals surface area contributed by atoms with Crippen LogP contribution < -0.4 is 5.32 Å². The van der Waals surface area contributed by atoms with Gasteiger partial charge in [0.15, 0.2) is 0 Å². The number of amides is 3. The second kappa shape index (κ2) is 6.53. The summed E-state index contributed by atoms with van der Waals surface area (Å²) in [6.07, 6.45) is -1.30. The summed E-state index contributed by atoms with van der Waals surface area (Å²) in [5.41, 5.74) is 3.21. The molecule has 3 aromatic carbocycles. The van der Waals surface area contributed by atoms with Gasteiger partial charge in [-0.25, -0.2) is 9.89 Å². The minimum atomic E-state index is -1.30. The number of benzene rings is 3. The smallest absolute Gasteiger partial charge is 0.270 e. The molecule has 0 bridgehead atoms. The van der Waals surface area contributed by atoms with Crippen molar-refractivity contribution in [2.75, 3.05) is 5.32 Å². The summed E-state index contributed by atoms with van der Waals surface area (Å²) >= 11 is 0. The van der Waals surface area contributed by atoms with Crippen LogP contribution in [-0.4, -0.2) is 34.5 Å². The fourth-order valence-electron chi connectivity index (χ4n) is 3.68. The Hall–Kier alpha value is -4.06. The number of anilines is 1. The van der Waals surface area contributed by atoms with Crippen molar-refractivity contribution in [1.29, 1.82) is 0 Å². The van der Waals surface area contributed by atoms with Gasteiger partial charge in [-0.1, -0.05) is 60.7 Å². The van der Waals surface area contributed by atoms with Crippen molar-refractivity contribution in [3.63, 3.8) is 0 Å². The number of fused-ring (bicyclic) bond motifs is 2. The van der Waals surface area contributed by atoms with E-state index in [1.807, 2.05) is 48.5 Å². The fourth-order valence-corrected chi connectivity index (χ4v) is 3.68. The van der Waals surface area contributed by atoms with Crippen LogP contribution in [0.3, 0.4) is 0 Å². The van der Waals surface area contributed by atoms with E-state index in [1.165, 1.54) is 0 Å². The second-order valence-corrected chi connectivity index (χ2v) is 6.78. The molecule has 1 N–H and O–H groups in total. The van der Waals surface area contributed by atoms with E-state index in [4.69, 9.17) is 0 Å². The number of hydrogen-bond acceptors (Lipinski definition) is 4. The van der Waals surface area contributed by atoms with Crippen LogP contribution in [0.15, 0.2) is 83.9 Å². The number of nitrogens with zero attached hydrogens (tertiary/aromatic N) is 2. The summed E-state index contributed by atoms with van der Waals surface area (Å²) < 4.78 is 0. The van der Waals surface area contributed by atoms with Crippen LogP contribution in [0.25, 0.3) is 0 Å². The van der Waals surface area contributed by atoms with Gasteiger partial charge in [-0.15, -0.1) is 0 Å². The molecular weight excluding hydrogens is 366 g/mol. The van der Waals surface area contributed by atoms with Crippen molar-refractivity contribution in [2.45, 2.75) is 6.17 Å². The molecule has 2 aliphatic rings. The Labute approximate surface area is 166 Å². The third-order valence-electron chi connectivity index (χ3n) is 5.04. The Morgan fingerprint density at radius 2 is 1.24 bits per heavy atom. The maximum absolute atomic E-state index is 13.0. The van der Waals surface area contributed by atoms with E-state index in [-0.39, 0.29) is 11.1 Å². The first-order valence-electron chi connectivity index (χ1n) is 9.15. The number of hydrogen-bond donors (Lipinski definition) is 1. The first-order chi connectivity index (χ1) is 14.1. The highest BCUT2D eigenvalue weighted by Crippen LogP contribution is 2.29. The molecule has 0 saturated heterocycles. The van der Waals surface area contributed by atoms with Crippen molar-refractivity contribution in [3.8, 4) is 0 Å². The average Bonchev–Trinajstić information content (AvgIpc) is 2.91. The third kappa shape index (κ3) is 2.65. The lowest BCUT2D eigenvalue weighted by Crippen LogP contribution is -2.46. The van der Waals surface area contributed by atoms with E-state index in [9.17, 15) is 14.4 Å². The van der Waals surface area contributed by atoms with Crippen molar-refractivity contribution in [2.24, 2.45) is 4.99 Å². The topological polar surface area (TPSA) is 78.8 Å². The standard InChI is InChI=1S/C23H15N3O3/c27-21-20(26-22(28)15-10-4-5-11-16(15)23(26)29)25-19(14-8-2-1-3-9-14)17-12-6-7-13-18(17)24-21/h1-13,20H,(H,24,27). The fraction of sp³-hybridized carbons (Fsp3) is 0.0435.